The number of nitrogens with zero attached hydrogens (tertiary/aromatic N) is 1. The molecule has 114 valence electrons. The molecule has 1 unspecified atom stereocenters. The number of hydrogen-bond acceptors (Lipinski definition) is 5. The monoisotopic (exact) mass is 285 g/mol. The van der Waals surface area contributed by atoms with Crippen molar-refractivity contribution in [1.82, 2.24) is 10.3 Å². The van der Waals surface area contributed by atoms with Crippen LogP contribution in [-0.4, -0.2) is 44.5 Å². The Morgan fingerprint density at radius 2 is 2.10 bits per heavy atom. The number of ether oxygens (including phenoxy) is 2. The van der Waals surface area contributed by atoms with Gasteiger partial charge in [0.15, 0.2) is 0 Å². The highest BCUT2D eigenvalue weighted by atomic mass is 19.1. The molecule has 0 spiro atoms. The lowest BCUT2D eigenvalue weighted by atomic mass is 10.2. The molecule has 5 nitrogen and oxygen atoms in total. The molecule has 0 fully saturated rings. The lowest BCUT2D eigenvalue weighted by molar-refractivity contribution is 0.0365. The summed E-state index contributed by atoms with van der Waals surface area (Å²) >= 11 is 0. The summed E-state index contributed by atoms with van der Waals surface area (Å²) in [6, 6.07) is 1.81. The topological polar surface area (TPSA) is 55.4 Å². The molecule has 0 aromatic carbocycles. The first-order valence-corrected chi connectivity index (χ1v) is 6.70. The van der Waals surface area contributed by atoms with Crippen molar-refractivity contribution in [1.29, 1.82) is 0 Å². The molecule has 0 aliphatic rings. The van der Waals surface area contributed by atoms with Crippen LogP contribution in [0.1, 0.15) is 19.4 Å². The van der Waals surface area contributed by atoms with Crippen molar-refractivity contribution >= 4 is 5.82 Å². The quantitative estimate of drug-likeness (QED) is 0.724. The number of aromatic nitrogens is 1. The van der Waals surface area contributed by atoms with Gasteiger partial charge in [0.2, 0.25) is 0 Å². The maximum absolute atomic E-state index is 13.3. The minimum absolute atomic E-state index is 0.0715. The molecule has 1 atom stereocenters. The molecule has 20 heavy (non-hydrogen) atoms. The standard InChI is InChI=1S/C14H24FN3O2/c1-10(2)16-6-11-5-12(15)7-17-14(11)18-8-13(20-4)9-19-3/h5,7,10,13,16H,6,8-9H2,1-4H3,(H,17,18). The molecular formula is C14H24FN3O2. The number of hydrogen-bond donors (Lipinski definition) is 2. The van der Waals surface area contributed by atoms with Crippen molar-refractivity contribution in [2.45, 2.75) is 32.5 Å². The van der Waals surface area contributed by atoms with Gasteiger partial charge in [-0.25, -0.2) is 9.37 Å². The van der Waals surface area contributed by atoms with E-state index in [4.69, 9.17) is 9.47 Å². The minimum Gasteiger partial charge on any atom is -0.382 e. The van der Waals surface area contributed by atoms with Gasteiger partial charge in [-0.15, -0.1) is 0 Å². The van der Waals surface area contributed by atoms with E-state index in [0.29, 0.717) is 31.6 Å². The van der Waals surface area contributed by atoms with Gasteiger partial charge in [0, 0.05) is 38.9 Å². The van der Waals surface area contributed by atoms with E-state index in [1.54, 1.807) is 14.2 Å². The van der Waals surface area contributed by atoms with Crippen molar-refractivity contribution in [2.75, 3.05) is 32.7 Å². The van der Waals surface area contributed by atoms with Crippen molar-refractivity contribution in [2.24, 2.45) is 0 Å². The third kappa shape index (κ3) is 5.81. The van der Waals surface area contributed by atoms with Crippen LogP contribution in [-0.2, 0) is 16.0 Å². The molecule has 1 aromatic rings. The van der Waals surface area contributed by atoms with E-state index in [1.807, 2.05) is 13.8 Å². The van der Waals surface area contributed by atoms with Crippen LogP contribution in [0.5, 0.6) is 0 Å². The first kappa shape index (κ1) is 16.8. The van der Waals surface area contributed by atoms with Gasteiger partial charge >= 0.3 is 0 Å². The summed E-state index contributed by atoms with van der Waals surface area (Å²) in [5.41, 5.74) is 0.797. The van der Waals surface area contributed by atoms with Crippen LogP contribution < -0.4 is 10.6 Å². The minimum atomic E-state index is -0.337. The Labute approximate surface area is 119 Å². The van der Waals surface area contributed by atoms with Gasteiger partial charge in [-0.1, -0.05) is 13.8 Å². The lowest BCUT2D eigenvalue weighted by Crippen LogP contribution is -2.28. The van der Waals surface area contributed by atoms with Crippen LogP contribution >= 0.6 is 0 Å². The van der Waals surface area contributed by atoms with Crippen LogP contribution in [0.15, 0.2) is 12.3 Å². The second kappa shape index (κ2) is 8.84. The van der Waals surface area contributed by atoms with Crippen LogP contribution in [0.4, 0.5) is 10.2 Å². The Kier molecular flexibility index (Phi) is 7.43. The molecule has 2 N–H and O–H groups in total. The Morgan fingerprint density at radius 1 is 1.35 bits per heavy atom. The maximum atomic E-state index is 13.3. The van der Waals surface area contributed by atoms with Gasteiger partial charge in [0.1, 0.15) is 11.6 Å². The molecule has 0 aliphatic carbocycles. The average molecular weight is 285 g/mol. The largest absolute Gasteiger partial charge is 0.382 e. The Hall–Kier alpha value is -1.24. The van der Waals surface area contributed by atoms with Gasteiger partial charge in [0.25, 0.3) is 0 Å². The lowest BCUT2D eigenvalue weighted by Gasteiger charge is -2.17. The molecule has 1 rings (SSSR count). The highest BCUT2D eigenvalue weighted by Crippen LogP contribution is 2.14. The molecule has 1 heterocycles. The van der Waals surface area contributed by atoms with E-state index in [1.165, 1.54) is 12.3 Å². The zero-order valence-electron chi connectivity index (χ0n) is 12.6. The van der Waals surface area contributed by atoms with E-state index in [2.05, 4.69) is 15.6 Å². The molecule has 0 aliphatic heterocycles. The highest BCUT2D eigenvalue weighted by molar-refractivity contribution is 5.44. The van der Waals surface area contributed by atoms with Crippen molar-refractivity contribution in [3.8, 4) is 0 Å². The zero-order valence-corrected chi connectivity index (χ0v) is 12.6. The SMILES string of the molecule is COCC(CNc1ncc(F)cc1CNC(C)C)OC. The van der Waals surface area contributed by atoms with E-state index >= 15 is 0 Å². The molecule has 1 aromatic heterocycles. The summed E-state index contributed by atoms with van der Waals surface area (Å²) in [7, 11) is 3.25. The average Bonchev–Trinajstić information content (AvgIpc) is 2.42. The molecule has 0 saturated heterocycles. The number of methoxy groups -OCH3 is 2. The summed E-state index contributed by atoms with van der Waals surface area (Å²) in [5, 5.41) is 6.43. The fraction of sp³-hybridized carbons (Fsp3) is 0.643. The Bertz CT molecular complexity index is 402. The molecule has 0 amide bonds. The Morgan fingerprint density at radius 3 is 2.70 bits per heavy atom. The van der Waals surface area contributed by atoms with Crippen molar-refractivity contribution < 1.29 is 13.9 Å². The number of pyridine rings is 1. The second-order valence-electron chi connectivity index (χ2n) is 4.89. The smallest absolute Gasteiger partial charge is 0.141 e. The van der Waals surface area contributed by atoms with Crippen LogP contribution in [0, 0.1) is 5.82 Å². The van der Waals surface area contributed by atoms with E-state index in [9.17, 15) is 4.39 Å². The number of nitrogens with one attached hydrogen (secondary N) is 2. The predicted octanol–water partition coefficient (Wildman–Crippen LogP) is 1.79. The second-order valence-corrected chi connectivity index (χ2v) is 4.89. The normalized spacial score (nSPS) is 12.7. The molecule has 0 saturated carbocycles. The summed E-state index contributed by atoms with van der Waals surface area (Å²) in [4.78, 5) is 4.10. The fourth-order valence-electron chi connectivity index (χ4n) is 1.70. The molecular weight excluding hydrogens is 261 g/mol. The third-order valence-electron chi connectivity index (χ3n) is 2.82. The highest BCUT2D eigenvalue weighted by Gasteiger charge is 2.10. The van der Waals surface area contributed by atoms with E-state index in [0.717, 1.165) is 5.56 Å². The maximum Gasteiger partial charge on any atom is 0.141 e. The van der Waals surface area contributed by atoms with E-state index in [-0.39, 0.29) is 11.9 Å². The molecule has 0 radical (unpaired) electrons. The van der Waals surface area contributed by atoms with Gasteiger partial charge in [0.05, 0.1) is 18.9 Å². The first-order valence-electron chi connectivity index (χ1n) is 6.70. The molecule has 6 heteroatoms. The van der Waals surface area contributed by atoms with Gasteiger partial charge in [-0.2, -0.15) is 0 Å². The molecule has 0 bridgehead atoms. The van der Waals surface area contributed by atoms with Crippen LogP contribution in [0.3, 0.4) is 0 Å². The van der Waals surface area contributed by atoms with Crippen LogP contribution in [0.25, 0.3) is 0 Å². The first-order chi connectivity index (χ1) is 9.56. The summed E-state index contributed by atoms with van der Waals surface area (Å²) < 4.78 is 23.6. The van der Waals surface area contributed by atoms with Crippen molar-refractivity contribution in [3.63, 3.8) is 0 Å². The predicted molar refractivity (Wildman–Crippen MR) is 77.3 cm³/mol. The van der Waals surface area contributed by atoms with Gasteiger partial charge < -0.3 is 20.1 Å². The van der Waals surface area contributed by atoms with Gasteiger partial charge in [-0.3, -0.25) is 0 Å². The zero-order chi connectivity index (χ0) is 15.0. The van der Waals surface area contributed by atoms with Gasteiger partial charge in [-0.05, 0) is 6.07 Å². The Balaban J connectivity index is 2.67. The fourth-order valence-corrected chi connectivity index (χ4v) is 1.70. The van der Waals surface area contributed by atoms with E-state index < -0.39 is 0 Å². The number of halogens is 1. The summed E-state index contributed by atoms with van der Waals surface area (Å²) in [6.07, 6.45) is 1.14. The van der Waals surface area contributed by atoms with Crippen molar-refractivity contribution in [3.05, 3.63) is 23.6 Å². The number of rotatable bonds is 9. The van der Waals surface area contributed by atoms with Crippen LogP contribution in [0.2, 0.25) is 0 Å². The summed E-state index contributed by atoms with van der Waals surface area (Å²) in [5.74, 6) is 0.328. The third-order valence-corrected chi connectivity index (χ3v) is 2.82. The number of anilines is 1. The summed E-state index contributed by atoms with van der Waals surface area (Å²) in [6.45, 7) is 5.69.